The summed E-state index contributed by atoms with van der Waals surface area (Å²) in [6, 6.07) is 5.72. The minimum absolute atomic E-state index is 0.157. The fourth-order valence-electron chi connectivity index (χ4n) is 0.835. The van der Waals surface area contributed by atoms with Crippen LogP contribution in [0.2, 0.25) is 0 Å². The molecule has 0 amide bonds. The van der Waals surface area contributed by atoms with Crippen molar-refractivity contribution in [3.8, 4) is 11.8 Å². The van der Waals surface area contributed by atoms with Gasteiger partial charge in [-0.25, -0.2) is 0 Å². The molecule has 62 valence electrons. The lowest BCUT2D eigenvalue weighted by Crippen LogP contribution is -1.93. The number of nitrogens with zero attached hydrogens (tertiary/aromatic N) is 2. The summed E-state index contributed by atoms with van der Waals surface area (Å²) in [5.74, 6) is 0.555. The molecule has 0 aromatic carbocycles. The van der Waals surface area contributed by atoms with Gasteiger partial charge in [-0.15, -0.1) is 0 Å². The number of ether oxygens (including phenoxy) is 1. The first-order valence-corrected chi connectivity index (χ1v) is 3.67. The van der Waals surface area contributed by atoms with E-state index in [1.807, 2.05) is 6.92 Å². The minimum Gasteiger partial charge on any atom is -0.495 e. The van der Waals surface area contributed by atoms with Crippen LogP contribution in [-0.2, 0) is 0 Å². The van der Waals surface area contributed by atoms with Gasteiger partial charge in [0.15, 0.2) is 0 Å². The third kappa shape index (κ3) is 1.73. The number of aromatic nitrogens is 1. The van der Waals surface area contributed by atoms with E-state index in [1.165, 1.54) is 0 Å². The van der Waals surface area contributed by atoms with Crippen molar-refractivity contribution in [1.29, 1.82) is 5.26 Å². The Morgan fingerprint density at radius 3 is 2.75 bits per heavy atom. The molecule has 0 saturated carbocycles. The molecule has 1 rings (SSSR count). The average Bonchev–Trinajstić information content (AvgIpc) is 2.17. The lowest BCUT2D eigenvalue weighted by atomic mass is 10.1. The summed E-state index contributed by atoms with van der Waals surface area (Å²) >= 11 is 0. The molecule has 12 heavy (non-hydrogen) atoms. The van der Waals surface area contributed by atoms with E-state index < -0.39 is 0 Å². The summed E-state index contributed by atoms with van der Waals surface area (Å²) < 4.78 is 4.94. The van der Waals surface area contributed by atoms with Crippen LogP contribution >= 0.6 is 0 Å². The molecular weight excluding hydrogens is 152 g/mol. The monoisotopic (exact) mass is 162 g/mol. The summed E-state index contributed by atoms with van der Waals surface area (Å²) in [7, 11) is 1.59. The third-order valence-corrected chi connectivity index (χ3v) is 1.63. The van der Waals surface area contributed by atoms with Crippen LogP contribution in [0.25, 0.3) is 0 Å². The molecule has 0 saturated heterocycles. The van der Waals surface area contributed by atoms with Gasteiger partial charge in [0.1, 0.15) is 5.75 Å². The second-order valence-electron chi connectivity index (χ2n) is 2.47. The average molecular weight is 162 g/mol. The molecule has 0 N–H and O–H groups in total. The van der Waals surface area contributed by atoms with E-state index in [0.717, 1.165) is 5.69 Å². The maximum absolute atomic E-state index is 8.59. The molecule has 0 aliphatic rings. The number of rotatable bonds is 2. The second-order valence-corrected chi connectivity index (χ2v) is 2.47. The van der Waals surface area contributed by atoms with Crippen LogP contribution in [0.1, 0.15) is 18.5 Å². The number of methoxy groups -OCH3 is 1. The summed E-state index contributed by atoms with van der Waals surface area (Å²) in [6.45, 7) is 1.81. The van der Waals surface area contributed by atoms with Crippen LogP contribution in [-0.4, -0.2) is 12.1 Å². The lowest BCUT2D eigenvalue weighted by Gasteiger charge is -2.02. The van der Waals surface area contributed by atoms with E-state index in [1.54, 1.807) is 25.4 Å². The number of hydrogen-bond acceptors (Lipinski definition) is 3. The molecule has 0 fully saturated rings. The fourth-order valence-corrected chi connectivity index (χ4v) is 0.835. The molecule has 1 aromatic heterocycles. The minimum atomic E-state index is -0.157. The molecule has 1 heterocycles. The van der Waals surface area contributed by atoms with Gasteiger partial charge in [0.05, 0.1) is 31.0 Å². The topological polar surface area (TPSA) is 45.9 Å². The van der Waals surface area contributed by atoms with Crippen molar-refractivity contribution in [2.45, 2.75) is 12.8 Å². The van der Waals surface area contributed by atoms with Crippen molar-refractivity contribution in [1.82, 2.24) is 4.98 Å². The van der Waals surface area contributed by atoms with E-state index in [2.05, 4.69) is 11.1 Å². The van der Waals surface area contributed by atoms with Gasteiger partial charge in [0.25, 0.3) is 0 Å². The number of nitriles is 1. The van der Waals surface area contributed by atoms with E-state index >= 15 is 0 Å². The van der Waals surface area contributed by atoms with E-state index in [4.69, 9.17) is 10.00 Å². The Balaban J connectivity index is 2.86. The summed E-state index contributed by atoms with van der Waals surface area (Å²) in [5, 5.41) is 8.59. The van der Waals surface area contributed by atoms with Gasteiger partial charge in [0.2, 0.25) is 0 Å². The molecular formula is C9H10N2O. The first-order valence-electron chi connectivity index (χ1n) is 3.67. The molecule has 3 nitrogen and oxygen atoms in total. The zero-order valence-corrected chi connectivity index (χ0v) is 7.11. The van der Waals surface area contributed by atoms with Crippen LogP contribution in [0.15, 0.2) is 18.3 Å². The highest BCUT2D eigenvalue weighted by Gasteiger charge is 2.04. The Morgan fingerprint density at radius 1 is 1.58 bits per heavy atom. The molecule has 1 unspecified atom stereocenters. The molecule has 1 atom stereocenters. The Hall–Kier alpha value is -1.56. The summed E-state index contributed by atoms with van der Waals surface area (Å²) in [4.78, 5) is 4.07. The Labute approximate surface area is 71.6 Å². The van der Waals surface area contributed by atoms with E-state index in [0.29, 0.717) is 5.75 Å². The standard InChI is InChI=1S/C9H10N2O/c1-7(5-10)9-4-3-8(12-2)6-11-9/h3-4,6-7H,1-2H3. The maximum Gasteiger partial charge on any atom is 0.137 e. The van der Waals surface area contributed by atoms with Crippen molar-refractivity contribution >= 4 is 0 Å². The highest BCUT2D eigenvalue weighted by atomic mass is 16.5. The van der Waals surface area contributed by atoms with Crippen LogP contribution in [0.3, 0.4) is 0 Å². The van der Waals surface area contributed by atoms with Crippen molar-refractivity contribution in [2.75, 3.05) is 7.11 Å². The number of pyridine rings is 1. The SMILES string of the molecule is COc1ccc(C(C)C#N)nc1. The Bertz CT molecular complexity index is 286. The van der Waals surface area contributed by atoms with Crippen LogP contribution < -0.4 is 4.74 Å². The quantitative estimate of drug-likeness (QED) is 0.665. The molecule has 0 spiro atoms. The lowest BCUT2D eigenvalue weighted by molar-refractivity contribution is 0.412. The van der Waals surface area contributed by atoms with Gasteiger partial charge in [-0.05, 0) is 19.1 Å². The van der Waals surface area contributed by atoms with Gasteiger partial charge < -0.3 is 4.74 Å². The van der Waals surface area contributed by atoms with Crippen molar-refractivity contribution < 1.29 is 4.74 Å². The highest BCUT2D eigenvalue weighted by molar-refractivity contribution is 5.23. The van der Waals surface area contributed by atoms with Crippen LogP contribution in [0, 0.1) is 11.3 Å². The Kier molecular flexibility index (Phi) is 2.65. The van der Waals surface area contributed by atoms with Crippen molar-refractivity contribution in [2.24, 2.45) is 0 Å². The van der Waals surface area contributed by atoms with Gasteiger partial charge in [0, 0.05) is 0 Å². The zero-order valence-electron chi connectivity index (χ0n) is 7.11. The summed E-state index contributed by atoms with van der Waals surface area (Å²) in [6.07, 6.45) is 1.61. The first-order chi connectivity index (χ1) is 5.77. The second kappa shape index (κ2) is 3.72. The molecule has 1 aromatic rings. The smallest absolute Gasteiger partial charge is 0.137 e. The fraction of sp³-hybridized carbons (Fsp3) is 0.333. The maximum atomic E-state index is 8.59. The van der Waals surface area contributed by atoms with E-state index in [9.17, 15) is 0 Å². The van der Waals surface area contributed by atoms with Gasteiger partial charge >= 0.3 is 0 Å². The van der Waals surface area contributed by atoms with Gasteiger partial charge in [-0.2, -0.15) is 5.26 Å². The predicted molar refractivity (Wildman–Crippen MR) is 44.8 cm³/mol. The predicted octanol–water partition coefficient (Wildman–Crippen LogP) is 1.72. The van der Waals surface area contributed by atoms with E-state index in [-0.39, 0.29) is 5.92 Å². The molecule has 0 radical (unpaired) electrons. The molecule has 3 heteroatoms. The largest absolute Gasteiger partial charge is 0.495 e. The zero-order chi connectivity index (χ0) is 8.97. The van der Waals surface area contributed by atoms with Crippen LogP contribution in [0.5, 0.6) is 5.75 Å². The van der Waals surface area contributed by atoms with Crippen molar-refractivity contribution in [3.05, 3.63) is 24.0 Å². The highest BCUT2D eigenvalue weighted by Crippen LogP contribution is 2.14. The molecule has 0 bridgehead atoms. The first kappa shape index (κ1) is 8.54. The summed E-state index contributed by atoms with van der Waals surface area (Å²) in [5.41, 5.74) is 0.776. The van der Waals surface area contributed by atoms with Gasteiger partial charge in [-0.3, -0.25) is 4.98 Å². The third-order valence-electron chi connectivity index (χ3n) is 1.63. The molecule has 0 aliphatic heterocycles. The molecule has 0 aliphatic carbocycles. The van der Waals surface area contributed by atoms with Gasteiger partial charge in [-0.1, -0.05) is 0 Å². The van der Waals surface area contributed by atoms with Crippen molar-refractivity contribution in [3.63, 3.8) is 0 Å². The normalized spacial score (nSPS) is 11.8. The number of hydrogen-bond donors (Lipinski definition) is 0. The Morgan fingerprint density at radius 2 is 2.33 bits per heavy atom. The van der Waals surface area contributed by atoms with Crippen LogP contribution in [0.4, 0.5) is 0 Å².